The number of aromatic nitrogens is 1. The number of likely N-dealkylation sites (N-methyl/N-ethyl adjacent to an activating group) is 1. The Balaban J connectivity index is 1.72. The number of nitrogens with one attached hydrogen (secondary N) is 1. The van der Waals surface area contributed by atoms with Gasteiger partial charge in [0, 0.05) is 53.5 Å². The highest BCUT2D eigenvalue weighted by Crippen LogP contribution is 2.65. The predicted molar refractivity (Wildman–Crippen MR) is 141 cm³/mol. The van der Waals surface area contributed by atoms with Crippen LogP contribution in [0.5, 0.6) is 5.75 Å². The normalized spacial score (nSPS) is 16.2. The van der Waals surface area contributed by atoms with Gasteiger partial charge in [-0.05, 0) is 63.5 Å². The molecule has 0 bridgehead atoms. The summed E-state index contributed by atoms with van der Waals surface area (Å²) in [6, 6.07) is 6.89. The van der Waals surface area contributed by atoms with Crippen molar-refractivity contribution in [3.05, 3.63) is 58.4 Å². The number of pyridine rings is 1. The third kappa shape index (κ3) is 6.85. The van der Waals surface area contributed by atoms with Gasteiger partial charge in [0.05, 0.1) is 13.3 Å². The van der Waals surface area contributed by atoms with Crippen molar-refractivity contribution >= 4 is 23.3 Å². The zero-order valence-corrected chi connectivity index (χ0v) is 22.9. The maximum absolute atomic E-state index is 14.7. The van der Waals surface area contributed by atoms with Crippen molar-refractivity contribution in [3.63, 3.8) is 0 Å². The van der Waals surface area contributed by atoms with E-state index >= 15 is 0 Å². The summed E-state index contributed by atoms with van der Waals surface area (Å²) < 4.78 is 34.7. The highest BCUT2D eigenvalue weighted by molar-refractivity contribution is 6.31. The Bertz CT molecular complexity index is 1120. The van der Waals surface area contributed by atoms with Gasteiger partial charge >= 0.3 is 0 Å². The summed E-state index contributed by atoms with van der Waals surface area (Å²) in [7, 11) is 5.30. The minimum Gasteiger partial charge on any atom is -0.495 e. The lowest BCUT2D eigenvalue weighted by molar-refractivity contribution is -0.123. The van der Waals surface area contributed by atoms with Crippen molar-refractivity contribution in [2.75, 3.05) is 27.7 Å². The van der Waals surface area contributed by atoms with E-state index in [1.165, 1.54) is 13.3 Å². The number of ketones is 1. The average molecular weight is 536 g/mol. The molecule has 1 aromatic heterocycles. The molecule has 3 rings (SSSR count). The van der Waals surface area contributed by atoms with Crippen LogP contribution in [-0.2, 0) is 11.2 Å². The highest BCUT2D eigenvalue weighted by atomic mass is 35.5. The molecule has 1 saturated carbocycles. The van der Waals surface area contributed by atoms with Gasteiger partial charge < -0.3 is 15.0 Å². The number of rotatable bonds is 13. The monoisotopic (exact) mass is 535 g/mol. The van der Waals surface area contributed by atoms with Gasteiger partial charge in [0.15, 0.2) is 5.78 Å². The van der Waals surface area contributed by atoms with Crippen LogP contribution in [0.2, 0.25) is 5.02 Å². The molecule has 202 valence electrons. The number of alkyl halides is 2. The van der Waals surface area contributed by atoms with E-state index in [1.54, 1.807) is 31.3 Å². The van der Waals surface area contributed by atoms with Crippen molar-refractivity contribution in [2.45, 2.75) is 63.8 Å². The van der Waals surface area contributed by atoms with Crippen LogP contribution in [0.1, 0.15) is 66.9 Å². The van der Waals surface area contributed by atoms with Gasteiger partial charge in [0.1, 0.15) is 5.75 Å². The van der Waals surface area contributed by atoms with Crippen molar-refractivity contribution in [2.24, 2.45) is 5.41 Å². The van der Waals surface area contributed by atoms with E-state index in [2.05, 4.69) is 10.3 Å². The molecule has 1 N–H and O–H groups in total. The molecule has 1 heterocycles. The molecule has 1 aliphatic carbocycles. The molecule has 1 amide bonds. The quantitative estimate of drug-likeness (QED) is 0.341. The minimum atomic E-state index is -2.94. The van der Waals surface area contributed by atoms with Crippen LogP contribution < -0.4 is 10.1 Å². The molecule has 2 atom stereocenters. The van der Waals surface area contributed by atoms with Gasteiger partial charge in [-0.3, -0.25) is 14.6 Å². The van der Waals surface area contributed by atoms with Crippen LogP contribution in [0.4, 0.5) is 8.78 Å². The Morgan fingerprint density at radius 3 is 2.49 bits per heavy atom. The highest BCUT2D eigenvalue weighted by Gasteiger charge is 2.63. The number of hydrogen-bond acceptors (Lipinski definition) is 5. The van der Waals surface area contributed by atoms with Gasteiger partial charge in [-0.1, -0.05) is 30.7 Å². The van der Waals surface area contributed by atoms with Crippen LogP contribution in [0.25, 0.3) is 0 Å². The third-order valence-corrected chi connectivity index (χ3v) is 7.86. The standard InChI is InChI=1S/C28H36ClF2N3O3/c1-6-25(35)19-8-7-18(24(29)13-19)11-21(34(3)4)16-33-26(36)14-23(28(9-10-28)27(2,30)31)20-12-22(37-5)17-32-15-20/h7-8,12-13,15,17,21,23H,6,9-11,14,16H2,1-5H3,(H,33,36)/t21-,23?/m0/s1. The summed E-state index contributed by atoms with van der Waals surface area (Å²) in [5.41, 5.74) is 0.743. The second-order valence-electron chi connectivity index (χ2n) is 10.2. The lowest BCUT2D eigenvalue weighted by atomic mass is 9.77. The van der Waals surface area contributed by atoms with Gasteiger partial charge in [-0.15, -0.1) is 0 Å². The maximum Gasteiger partial charge on any atom is 0.251 e. The van der Waals surface area contributed by atoms with Gasteiger partial charge in [0.2, 0.25) is 5.91 Å². The van der Waals surface area contributed by atoms with Crippen molar-refractivity contribution in [1.29, 1.82) is 0 Å². The molecule has 9 heteroatoms. The number of halogens is 3. The zero-order chi connectivity index (χ0) is 27.4. The third-order valence-electron chi connectivity index (χ3n) is 7.51. The molecule has 0 saturated heterocycles. The van der Waals surface area contributed by atoms with Crippen LogP contribution in [0, 0.1) is 5.41 Å². The van der Waals surface area contributed by atoms with E-state index in [4.69, 9.17) is 16.3 Å². The number of benzene rings is 1. The fourth-order valence-electron chi connectivity index (χ4n) is 4.87. The zero-order valence-electron chi connectivity index (χ0n) is 22.1. The first-order valence-corrected chi connectivity index (χ1v) is 12.9. The molecular weight excluding hydrogens is 500 g/mol. The van der Waals surface area contributed by atoms with Crippen molar-refractivity contribution < 1.29 is 23.1 Å². The van der Waals surface area contributed by atoms with Crippen LogP contribution in [0.3, 0.4) is 0 Å². The molecule has 0 spiro atoms. The number of hydrogen-bond donors (Lipinski definition) is 1. The molecule has 2 aromatic rings. The fourth-order valence-corrected chi connectivity index (χ4v) is 5.13. The van der Waals surface area contributed by atoms with E-state index in [0.717, 1.165) is 12.5 Å². The summed E-state index contributed by atoms with van der Waals surface area (Å²) >= 11 is 6.46. The molecule has 1 aliphatic rings. The summed E-state index contributed by atoms with van der Waals surface area (Å²) in [6.07, 6.45) is 4.63. The summed E-state index contributed by atoms with van der Waals surface area (Å²) in [5.74, 6) is -3.43. The molecule has 0 aliphatic heterocycles. The number of methoxy groups -OCH3 is 1. The molecule has 1 unspecified atom stereocenters. The largest absolute Gasteiger partial charge is 0.495 e. The SMILES string of the molecule is CCC(=O)c1ccc(C[C@@H](CNC(=O)CC(c2cncc(OC)c2)C2(C(C)(F)F)CC2)N(C)C)c(Cl)c1. The number of Topliss-reactive ketones (excluding diaryl/α,β-unsaturated/α-hetero) is 1. The first-order valence-electron chi connectivity index (χ1n) is 12.5. The van der Waals surface area contributed by atoms with Gasteiger partial charge in [-0.2, -0.15) is 0 Å². The molecule has 37 heavy (non-hydrogen) atoms. The lowest BCUT2D eigenvalue weighted by Gasteiger charge is -2.32. The van der Waals surface area contributed by atoms with E-state index in [0.29, 0.717) is 54.1 Å². The van der Waals surface area contributed by atoms with Crippen LogP contribution >= 0.6 is 11.6 Å². The number of ether oxygens (including phenoxy) is 1. The average Bonchev–Trinajstić information content (AvgIpc) is 3.67. The Kier molecular flexibility index (Phi) is 9.29. The van der Waals surface area contributed by atoms with Crippen LogP contribution in [0.15, 0.2) is 36.7 Å². The lowest BCUT2D eigenvalue weighted by Crippen LogP contribution is -2.43. The molecule has 1 fully saturated rings. The summed E-state index contributed by atoms with van der Waals surface area (Å²) in [6.45, 7) is 3.05. The Morgan fingerprint density at radius 2 is 1.95 bits per heavy atom. The fraction of sp³-hybridized carbons (Fsp3) is 0.536. The van der Waals surface area contributed by atoms with Gasteiger partial charge in [-0.25, -0.2) is 8.78 Å². The first-order chi connectivity index (χ1) is 17.4. The van der Waals surface area contributed by atoms with E-state index in [-0.39, 0.29) is 24.2 Å². The molecule has 0 radical (unpaired) electrons. The molecule has 6 nitrogen and oxygen atoms in total. The second-order valence-corrected chi connectivity index (χ2v) is 10.6. The van der Waals surface area contributed by atoms with E-state index in [9.17, 15) is 18.4 Å². The maximum atomic E-state index is 14.7. The minimum absolute atomic E-state index is 0.0248. The van der Waals surface area contributed by atoms with Crippen molar-refractivity contribution in [1.82, 2.24) is 15.2 Å². The first kappa shape index (κ1) is 29.0. The Labute approximate surface area is 222 Å². The van der Waals surface area contributed by atoms with Crippen LogP contribution in [-0.4, -0.2) is 61.3 Å². The molecule has 1 aromatic carbocycles. The summed E-state index contributed by atoms with van der Waals surface area (Å²) in [5, 5.41) is 3.45. The molecular formula is C28H36ClF2N3O3. The number of nitrogens with zero attached hydrogens (tertiary/aromatic N) is 2. The van der Waals surface area contributed by atoms with E-state index in [1.807, 2.05) is 25.1 Å². The number of amides is 1. The Hall–Kier alpha value is -2.58. The van der Waals surface area contributed by atoms with E-state index < -0.39 is 17.3 Å². The smallest absolute Gasteiger partial charge is 0.251 e. The van der Waals surface area contributed by atoms with Gasteiger partial charge in [0.25, 0.3) is 5.92 Å². The second kappa shape index (κ2) is 11.9. The number of carbonyl (C=O) groups is 2. The topological polar surface area (TPSA) is 71.5 Å². The predicted octanol–water partition coefficient (Wildman–Crippen LogP) is 5.53. The Morgan fingerprint density at radius 1 is 1.24 bits per heavy atom. The summed E-state index contributed by atoms with van der Waals surface area (Å²) in [4.78, 5) is 31.2. The number of carbonyl (C=O) groups excluding carboxylic acids is 2. The van der Waals surface area contributed by atoms with Crippen molar-refractivity contribution in [3.8, 4) is 5.75 Å².